The summed E-state index contributed by atoms with van der Waals surface area (Å²) in [5, 5.41) is 0. The van der Waals surface area contributed by atoms with Crippen LogP contribution < -0.4 is 9.47 Å². The summed E-state index contributed by atoms with van der Waals surface area (Å²) in [6.45, 7) is 6.34. The zero-order valence-electron chi connectivity index (χ0n) is 12.4. The van der Waals surface area contributed by atoms with Crippen molar-refractivity contribution in [3.63, 3.8) is 0 Å². The summed E-state index contributed by atoms with van der Waals surface area (Å²) < 4.78 is 12.7. The molecule has 0 fully saturated rings. The topological polar surface area (TPSA) is 51.9 Å². The molecule has 0 atom stereocenters. The molecular formula is C14H20N4O2. The maximum absolute atomic E-state index is 5.47. The minimum atomic E-state index is 0.519. The molecule has 20 heavy (non-hydrogen) atoms. The first-order valence-electron chi connectivity index (χ1n) is 6.87. The van der Waals surface area contributed by atoms with Gasteiger partial charge in [-0.2, -0.15) is 4.98 Å². The first-order chi connectivity index (χ1) is 9.63. The number of methoxy groups -OCH3 is 2. The number of hydrogen-bond donors (Lipinski definition) is 0. The molecule has 1 aliphatic heterocycles. The van der Waals surface area contributed by atoms with Crippen LogP contribution in [-0.2, 0) is 13.0 Å². The van der Waals surface area contributed by atoms with Crippen LogP contribution in [0.3, 0.4) is 0 Å². The second-order valence-corrected chi connectivity index (χ2v) is 5.30. The maximum atomic E-state index is 5.47. The van der Waals surface area contributed by atoms with E-state index in [2.05, 4.69) is 28.7 Å². The highest BCUT2D eigenvalue weighted by Gasteiger charge is 2.25. The second kappa shape index (κ2) is 4.94. The van der Waals surface area contributed by atoms with Crippen molar-refractivity contribution in [1.82, 2.24) is 19.3 Å². The Morgan fingerprint density at radius 1 is 1.20 bits per heavy atom. The largest absolute Gasteiger partial charge is 0.482 e. The van der Waals surface area contributed by atoms with E-state index in [4.69, 9.17) is 9.47 Å². The molecule has 3 heterocycles. The Kier molecular flexibility index (Phi) is 3.25. The van der Waals surface area contributed by atoms with Gasteiger partial charge in [-0.3, -0.25) is 4.90 Å². The monoisotopic (exact) mass is 276 g/mol. The third kappa shape index (κ3) is 2.00. The van der Waals surface area contributed by atoms with Gasteiger partial charge >= 0.3 is 0 Å². The summed E-state index contributed by atoms with van der Waals surface area (Å²) in [7, 11) is 3.26. The van der Waals surface area contributed by atoms with Gasteiger partial charge in [-0.25, -0.2) is 9.38 Å². The number of fused-ring (bicyclic) bond motifs is 3. The van der Waals surface area contributed by atoms with Crippen molar-refractivity contribution in [2.75, 3.05) is 20.8 Å². The van der Waals surface area contributed by atoms with Crippen molar-refractivity contribution in [2.45, 2.75) is 32.9 Å². The molecule has 0 unspecified atom stereocenters. The van der Waals surface area contributed by atoms with Crippen molar-refractivity contribution >= 4 is 5.78 Å². The fourth-order valence-electron chi connectivity index (χ4n) is 2.67. The smallest absolute Gasteiger partial charge is 0.240 e. The Morgan fingerprint density at radius 2 is 2.00 bits per heavy atom. The third-order valence-corrected chi connectivity index (χ3v) is 3.85. The van der Waals surface area contributed by atoms with Crippen LogP contribution in [-0.4, -0.2) is 46.1 Å². The molecule has 0 spiro atoms. The number of ether oxygens (including phenoxy) is 2. The van der Waals surface area contributed by atoms with Crippen molar-refractivity contribution in [2.24, 2.45) is 0 Å². The lowest BCUT2D eigenvalue weighted by Gasteiger charge is -2.30. The van der Waals surface area contributed by atoms with Crippen molar-refractivity contribution in [3.05, 3.63) is 17.5 Å². The highest BCUT2D eigenvalue weighted by atomic mass is 16.5. The summed E-state index contributed by atoms with van der Waals surface area (Å²) in [6.07, 6.45) is 0.947. The van der Waals surface area contributed by atoms with Gasteiger partial charge in [0.25, 0.3) is 0 Å². The van der Waals surface area contributed by atoms with Crippen LogP contribution in [0.2, 0.25) is 0 Å². The molecule has 0 N–H and O–H groups in total. The normalized spacial score (nSPS) is 15.7. The standard InChI is InChI=1S/C14H20N4O2/c1-9(2)17-6-5-10-11(8-17)18-13(20-4)7-12(19-3)16-14(18)15-10/h7,9H,5-6,8H2,1-4H3. The molecule has 3 rings (SSSR count). The molecule has 6 nitrogen and oxygen atoms in total. The van der Waals surface area contributed by atoms with Crippen LogP contribution in [0.25, 0.3) is 5.78 Å². The zero-order valence-corrected chi connectivity index (χ0v) is 12.4. The molecule has 1 aliphatic rings. The first kappa shape index (κ1) is 13.2. The molecule has 2 aromatic rings. The molecule has 0 aliphatic carbocycles. The summed E-state index contributed by atoms with van der Waals surface area (Å²) in [6, 6.07) is 2.31. The number of rotatable bonds is 3. The second-order valence-electron chi connectivity index (χ2n) is 5.30. The van der Waals surface area contributed by atoms with Gasteiger partial charge in [0.05, 0.1) is 31.7 Å². The van der Waals surface area contributed by atoms with Gasteiger partial charge in [0.2, 0.25) is 17.5 Å². The number of nitrogens with zero attached hydrogens (tertiary/aromatic N) is 4. The lowest BCUT2D eigenvalue weighted by Crippen LogP contribution is -2.36. The van der Waals surface area contributed by atoms with Crippen LogP contribution in [0, 0.1) is 0 Å². The zero-order chi connectivity index (χ0) is 14.3. The lowest BCUT2D eigenvalue weighted by atomic mass is 10.1. The average molecular weight is 276 g/mol. The van der Waals surface area contributed by atoms with Crippen LogP contribution in [0.15, 0.2) is 6.07 Å². The Balaban J connectivity index is 2.15. The van der Waals surface area contributed by atoms with E-state index in [0.29, 0.717) is 23.6 Å². The Hall–Kier alpha value is -1.82. The fraction of sp³-hybridized carbons (Fsp3) is 0.571. The van der Waals surface area contributed by atoms with Gasteiger partial charge in [0.15, 0.2) is 0 Å². The predicted molar refractivity (Wildman–Crippen MR) is 75.3 cm³/mol. The SMILES string of the molecule is COc1cc(OC)n2c3c(nc2n1)CCN(C(C)C)C3. The van der Waals surface area contributed by atoms with Gasteiger partial charge in [-0.1, -0.05) is 0 Å². The minimum Gasteiger partial charge on any atom is -0.482 e. The Bertz CT molecular complexity index is 636. The summed E-state index contributed by atoms with van der Waals surface area (Å²) in [5.74, 6) is 1.89. The molecule has 0 saturated heterocycles. The molecule has 108 valence electrons. The van der Waals surface area contributed by atoms with Crippen LogP contribution in [0.4, 0.5) is 0 Å². The quantitative estimate of drug-likeness (QED) is 0.850. The van der Waals surface area contributed by atoms with E-state index in [1.807, 2.05) is 4.40 Å². The summed E-state index contributed by atoms with van der Waals surface area (Å²) in [4.78, 5) is 11.5. The molecule has 2 aromatic heterocycles. The number of aromatic nitrogens is 3. The van der Waals surface area contributed by atoms with E-state index in [-0.39, 0.29) is 0 Å². The van der Waals surface area contributed by atoms with Gasteiger partial charge in [0.1, 0.15) is 0 Å². The molecule has 0 radical (unpaired) electrons. The Morgan fingerprint density at radius 3 is 2.65 bits per heavy atom. The fourth-order valence-corrected chi connectivity index (χ4v) is 2.67. The molecule has 0 bridgehead atoms. The summed E-state index contributed by atoms with van der Waals surface area (Å²) in [5.41, 5.74) is 2.29. The number of hydrogen-bond acceptors (Lipinski definition) is 5. The molecule has 0 amide bonds. The van der Waals surface area contributed by atoms with E-state index >= 15 is 0 Å². The maximum Gasteiger partial charge on any atom is 0.240 e. The van der Waals surface area contributed by atoms with E-state index in [1.165, 1.54) is 5.69 Å². The average Bonchev–Trinajstić information content (AvgIpc) is 2.83. The predicted octanol–water partition coefficient (Wildman–Crippen LogP) is 1.51. The highest BCUT2D eigenvalue weighted by molar-refractivity contribution is 5.44. The van der Waals surface area contributed by atoms with E-state index in [9.17, 15) is 0 Å². The highest BCUT2D eigenvalue weighted by Crippen LogP contribution is 2.27. The van der Waals surface area contributed by atoms with E-state index in [0.717, 1.165) is 25.2 Å². The van der Waals surface area contributed by atoms with Crippen LogP contribution in [0.5, 0.6) is 11.8 Å². The minimum absolute atomic E-state index is 0.519. The molecule has 0 saturated carbocycles. The van der Waals surface area contributed by atoms with E-state index in [1.54, 1.807) is 20.3 Å². The molecular weight excluding hydrogens is 256 g/mol. The van der Waals surface area contributed by atoms with E-state index < -0.39 is 0 Å². The van der Waals surface area contributed by atoms with Crippen molar-refractivity contribution < 1.29 is 9.47 Å². The van der Waals surface area contributed by atoms with Gasteiger partial charge < -0.3 is 9.47 Å². The van der Waals surface area contributed by atoms with Crippen LogP contribution in [0.1, 0.15) is 25.2 Å². The van der Waals surface area contributed by atoms with Gasteiger partial charge in [-0.15, -0.1) is 0 Å². The number of imidazole rings is 1. The third-order valence-electron chi connectivity index (χ3n) is 3.85. The van der Waals surface area contributed by atoms with Crippen molar-refractivity contribution in [1.29, 1.82) is 0 Å². The van der Waals surface area contributed by atoms with Crippen LogP contribution >= 0.6 is 0 Å². The van der Waals surface area contributed by atoms with Gasteiger partial charge in [0, 0.05) is 25.6 Å². The first-order valence-corrected chi connectivity index (χ1v) is 6.87. The lowest BCUT2D eigenvalue weighted by molar-refractivity contribution is 0.198. The molecule has 6 heteroatoms. The Labute approximate surface area is 118 Å². The van der Waals surface area contributed by atoms with Gasteiger partial charge in [-0.05, 0) is 13.8 Å². The van der Waals surface area contributed by atoms with Crippen molar-refractivity contribution in [3.8, 4) is 11.8 Å². The molecule has 0 aromatic carbocycles. The summed E-state index contributed by atoms with van der Waals surface area (Å²) >= 11 is 0.